The first-order valence-electron chi connectivity index (χ1n) is 5.88. The summed E-state index contributed by atoms with van der Waals surface area (Å²) in [5.74, 6) is -3.10. The van der Waals surface area contributed by atoms with Gasteiger partial charge in [0.2, 0.25) is 0 Å². The summed E-state index contributed by atoms with van der Waals surface area (Å²) < 4.78 is 0. The van der Waals surface area contributed by atoms with Crippen LogP contribution in [-0.4, -0.2) is 39.1 Å². The van der Waals surface area contributed by atoms with E-state index in [0.717, 1.165) is 0 Å². The highest BCUT2D eigenvalue weighted by Crippen LogP contribution is 2.17. The number of hydrogen-bond donors (Lipinski definition) is 3. The monoisotopic (exact) mass is 334 g/mol. The zero-order chi connectivity index (χ0) is 16.0. The molecule has 0 spiro atoms. The molecule has 9 heteroatoms. The summed E-state index contributed by atoms with van der Waals surface area (Å²) in [6.45, 7) is 0. The van der Waals surface area contributed by atoms with Gasteiger partial charge in [-0.3, -0.25) is 9.59 Å². The quantitative estimate of drug-likeness (QED) is 0.655. The van der Waals surface area contributed by atoms with Crippen molar-refractivity contribution in [1.82, 2.24) is 10.3 Å². The number of carboxylic acid groups (broad SMARTS) is 2. The van der Waals surface area contributed by atoms with Crippen molar-refractivity contribution in [2.24, 2.45) is 0 Å². The molecule has 0 saturated heterocycles. The van der Waals surface area contributed by atoms with Gasteiger partial charge >= 0.3 is 11.9 Å². The van der Waals surface area contributed by atoms with Crippen LogP contribution >= 0.6 is 23.2 Å². The molecule has 0 aliphatic carbocycles. The molecule has 1 rings (SSSR count). The summed E-state index contributed by atoms with van der Waals surface area (Å²) in [6.07, 6.45) is -0.0926. The number of aromatic nitrogens is 1. The van der Waals surface area contributed by atoms with Crippen LogP contribution in [0, 0.1) is 0 Å². The molecule has 3 N–H and O–H groups in total. The molecule has 1 aromatic heterocycles. The van der Waals surface area contributed by atoms with E-state index in [0.29, 0.717) is 0 Å². The Morgan fingerprint density at radius 3 is 2.48 bits per heavy atom. The largest absolute Gasteiger partial charge is 0.481 e. The summed E-state index contributed by atoms with van der Waals surface area (Å²) in [4.78, 5) is 37.1. The number of rotatable bonds is 7. The van der Waals surface area contributed by atoms with Gasteiger partial charge in [-0.2, -0.15) is 0 Å². The molecule has 0 saturated carbocycles. The molecule has 7 nitrogen and oxygen atoms in total. The van der Waals surface area contributed by atoms with E-state index in [9.17, 15) is 14.4 Å². The van der Waals surface area contributed by atoms with Gasteiger partial charge in [0, 0.05) is 6.42 Å². The molecule has 1 atom stereocenters. The molecule has 0 aliphatic heterocycles. The highest BCUT2D eigenvalue weighted by Gasteiger charge is 2.22. The van der Waals surface area contributed by atoms with Crippen LogP contribution in [-0.2, 0) is 9.59 Å². The summed E-state index contributed by atoms with van der Waals surface area (Å²) in [5, 5.41) is 19.8. The van der Waals surface area contributed by atoms with Crippen molar-refractivity contribution in [3.05, 3.63) is 28.0 Å². The zero-order valence-corrected chi connectivity index (χ0v) is 12.2. The van der Waals surface area contributed by atoms with Crippen molar-refractivity contribution >= 4 is 41.0 Å². The van der Waals surface area contributed by atoms with Crippen LogP contribution in [0.2, 0.25) is 10.2 Å². The Morgan fingerprint density at radius 1 is 1.24 bits per heavy atom. The van der Waals surface area contributed by atoms with Crippen molar-refractivity contribution in [2.75, 3.05) is 0 Å². The lowest BCUT2D eigenvalue weighted by Gasteiger charge is -2.14. The third kappa shape index (κ3) is 5.57. The average molecular weight is 335 g/mol. The van der Waals surface area contributed by atoms with Crippen LogP contribution in [0.3, 0.4) is 0 Å². The molecule has 0 aromatic carbocycles. The van der Waals surface area contributed by atoms with E-state index in [2.05, 4.69) is 10.3 Å². The highest BCUT2D eigenvalue weighted by molar-refractivity contribution is 6.34. The van der Waals surface area contributed by atoms with Gasteiger partial charge in [-0.05, 0) is 25.0 Å². The zero-order valence-electron chi connectivity index (χ0n) is 10.7. The molecule has 114 valence electrons. The molecule has 1 heterocycles. The maximum atomic E-state index is 11.9. The van der Waals surface area contributed by atoms with Gasteiger partial charge in [0.25, 0.3) is 5.91 Å². The molecule has 0 fully saturated rings. The molecule has 0 aliphatic rings. The van der Waals surface area contributed by atoms with Gasteiger partial charge in [0.15, 0.2) is 0 Å². The third-order valence-corrected chi connectivity index (χ3v) is 3.03. The predicted molar refractivity (Wildman–Crippen MR) is 74.6 cm³/mol. The van der Waals surface area contributed by atoms with Crippen molar-refractivity contribution in [3.63, 3.8) is 0 Å². The maximum Gasteiger partial charge on any atom is 0.326 e. The van der Waals surface area contributed by atoms with Crippen LogP contribution in [0.15, 0.2) is 12.1 Å². The number of carbonyl (C=O) groups excluding carboxylic acids is 1. The fourth-order valence-corrected chi connectivity index (χ4v) is 1.86. The SMILES string of the molecule is O=C(O)CCC[C@@H](NC(=O)c1nc(Cl)ccc1Cl)C(=O)O. The van der Waals surface area contributed by atoms with E-state index in [1.807, 2.05) is 0 Å². The number of hydrogen-bond acceptors (Lipinski definition) is 4. The van der Waals surface area contributed by atoms with Crippen molar-refractivity contribution < 1.29 is 24.6 Å². The minimum absolute atomic E-state index is 0.0223. The van der Waals surface area contributed by atoms with Gasteiger partial charge in [-0.25, -0.2) is 9.78 Å². The Labute approximate surface area is 129 Å². The predicted octanol–water partition coefficient (Wildman–Crippen LogP) is 1.83. The van der Waals surface area contributed by atoms with Gasteiger partial charge < -0.3 is 15.5 Å². The number of pyridine rings is 1. The molecule has 0 unspecified atom stereocenters. The summed E-state index contributed by atoms with van der Waals surface area (Å²) in [6, 6.07) is 1.53. The lowest BCUT2D eigenvalue weighted by molar-refractivity contribution is -0.140. The molecule has 0 bridgehead atoms. The van der Waals surface area contributed by atoms with Crippen molar-refractivity contribution in [2.45, 2.75) is 25.3 Å². The van der Waals surface area contributed by atoms with Crippen LogP contribution < -0.4 is 5.32 Å². The Bertz CT molecular complexity index is 565. The van der Waals surface area contributed by atoms with E-state index >= 15 is 0 Å². The Kier molecular flexibility index (Phi) is 6.39. The number of nitrogens with one attached hydrogen (secondary N) is 1. The summed E-state index contributed by atoms with van der Waals surface area (Å²) in [7, 11) is 0. The Morgan fingerprint density at radius 2 is 1.90 bits per heavy atom. The van der Waals surface area contributed by atoms with Gasteiger partial charge in [-0.15, -0.1) is 0 Å². The first kappa shape index (κ1) is 17.2. The molecular formula is C12H12Cl2N2O5. The average Bonchev–Trinajstić information content (AvgIpc) is 2.39. The van der Waals surface area contributed by atoms with Gasteiger partial charge in [-0.1, -0.05) is 23.2 Å². The maximum absolute atomic E-state index is 11.9. The minimum Gasteiger partial charge on any atom is -0.481 e. The Balaban J connectivity index is 2.74. The van der Waals surface area contributed by atoms with E-state index in [1.165, 1.54) is 12.1 Å². The lowest BCUT2D eigenvalue weighted by atomic mass is 10.1. The van der Waals surface area contributed by atoms with E-state index in [4.69, 9.17) is 33.4 Å². The first-order valence-corrected chi connectivity index (χ1v) is 6.64. The minimum atomic E-state index is -1.27. The fraction of sp³-hybridized carbons (Fsp3) is 0.333. The van der Waals surface area contributed by atoms with Crippen molar-refractivity contribution in [1.29, 1.82) is 0 Å². The first-order chi connectivity index (χ1) is 9.81. The second-order valence-electron chi connectivity index (χ2n) is 4.11. The second kappa shape index (κ2) is 7.80. The number of aliphatic carboxylic acids is 2. The number of carboxylic acids is 2. The van der Waals surface area contributed by atoms with Crippen LogP contribution in [0.1, 0.15) is 29.8 Å². The number of halogens is 2. The lowest BCUT2D eigenvalue weighted by Crippen LogP contribution is -2.41. The van der Waals surface area contributed by atoms with Crippen LogP contribution in [0.5, 0.6) is 0 Å². The molecule has 21 heavy (non-hydrogen) atoms. The highest BCUT2D eigenvalue weighted by atomic mass is 35.5. The van der Waals surface area contributed by atoms with E-state index in [1.54, 1.807) is 0 Å². The molecule has 1 aromatic rings. The smallest absolute Gasteiger partial charge is 0.326 e. The van der Waals surface area contributed by atoms with Crippen LogP contribution in [0.25, 0.3) is 0 Å². The third-order valence-electron chi connectivity index (χ3n) is 2.51. The Hall–Kier alpha value is -1.86. The van der Waals surface area contributed by atoms with Gasteiger partial charge in [0.1, 0.15) is 16.9 Å². The molecule has 0 radical (unpaired) electrons. The normalized spacial score (nSPS) is 11.7. The van der Waals surface area contributed by atoms with E-state index < -0.39 is 23.9 Å². The summed E-state index contributed by atoms with van der Waals surface area (Å²) in [5.41, 5.74) is -0.186. The number of carbonyl (C=O) groups is 3. The van der Waals surface area contributed by atoms with Crippen LogP contribution in [0.4, 0.5) is 0 Å². The fourth-order valence-electron chi connectivity index (χ4n) is 1.52. The number of amides is 1. The standard InChI is InChI=1S/C12H12Cl2N2O5/c13-6-4-5-8(14)16-10(6)11(19)15-7(12(20)21)2-1-3-9(17)18/h4-5,7H,1-3H2,(H,15,19)(H,17,18)(H,20,21)/t7-/m1/s1. The number of nitrogens with zero attached hydrogens (tertiary/aromatic N) is 1. The van der Waals surface area contributed by atoms with E-state index in [-0.39, 0.29) is 35.1 Å². The second-order valence-corrected chi connectivity index (χ2v) is 4.91. The summed E-state index contributed by atoms with van der Waals surface area (Å²) >= 11 is 11.4. The topological polar surface area (TPSA) is 117 Å². The molecular weight excluding hydrogens is 323 g/mol. The van der Waals surface area contributed by atoms with Gasteiger partial charge in [0.05, 0.1) is 5.02 Å². The van der Waals surface area contributed by atoms with Crippen molar-refractivity contribution in [3.8, 4) is 0 Å². The molecule has 1 amide bonds.